The number of hydrogen-bond donors (Lipinski definition) is 1. The third-order valence-electron chi connectivity index (χ3n) is 4.70. The first-order valence-electron chi connectivity index (χ1n) is 7.78. The van der Waals surface area contributed by atoms with Gasteiger partial charge in [0, 0.05) is 24.6 Å². The largest absolute Gasteiger partial charge is 0.544 e. The highest BCUT2D eigenvalue weighted by Gasteiger charge is 2.38. The van der Waals surface area contributed by atoms with Gasteiger partial charge in [0.15, 0.2) is 0 Å². The number of nitrogens with zero attached hydrogens (tertiary/aromatic N) is 1. The Hall–Kier alpha value is -1.68. The van der Waals surface area contributed by atoms with Crippen LogP contribution in [0.5, 0.6) is 5.75 Å². The van der Waals surface area contributed by atoms with Gasteiger partial charge >= 0.3 is 0 Å². The molecule has 2 aromatic rings. The van der Waals surface area contributed by atoms with Gasteiger partial charge in [-0.1, -0.05) is 20.8 Å². The van der Waals surface area contributed by atoms with Crippen molar-refractivity contribution in [1.29, 1.82) is 0 Å². The molecule has 0 radical (unpaired) electrons. The Labute approximate surface area is 135 Å². The van der Waals surface area contributed by atoms with Crippen molar-refractivity contribution in [2.24, 2.45) is 7.05 Å². The minimum Gasteiger partial charge on any atom is -0.544 e. The molecule has 120 valence electrons. The van der Waals surface area contributed by atoms with Gasteiger partial charge in [0.25, 0.3) is 0 Å². The van der Waals surface area contributed by atoms with Crippen molar-refractivity contribution in [1.82, 2.24) is 4.57 Å². The second-order valence-electron chi connectivity index (χ2n) is 7.44. The second kappa shape index (κ2) is 5.84. The number of benzene rings is 1. The summed E-state index contributed by atoms with van der Waals surface area (Å²) >= 11 is 0. The number of anilines is 2. The van der Waals surface area contributed by atoms with Crippen molar-refractivity contribution in [2.45, 2.75) is 45.8 Å². The van der Waals surface area contributed by atoms with E-state index < -0.39 is 8.32 Å². The van der Waals surface area contributed by atoms with Crippen LogP contribution in [-0.4, -0.2) is 12.9 Å². The van der Waals surface area contributed by atoms with E-state index in [1.807, 2.05) is 0 Å². The highest BCUT2D eigenvalue weighted by molar-refractivity contribution is 6.74. The van der Waals surface area contributed by atoms with Crippen LogP contribution >= 0.6 is 0 Å². The Balaban J connectivity index is 2.09. The quantitative estimate of drug-likeness (QED) is 0.758. The van der Waals surface area contributed by atoms with Crippen LogP contribution in [0.4, 0.5) is 11.4 Å². The van der Waals surface area contributed by atoms with Gasteiger partial charge in [-0.25, -0.2) is 0 Å². The molecule has 0 aliphatic heterocycles. The summed E-state index contributed by atoms with van der Waals surface area (Å²) in [5.74, 6) is 0.960. The molecule has 0 amide bonds. The van der Waals surface area contributed by atoms with E-state index in [-0.39, 0.29) is 5.04 Å². The van der Waals surface area contributed by atoms with E-state index in [0.29, 0.717) is 0 Å². The van der Waals surface area contributed by atoms with Crippen LogP contribution in [0.15, 0.2) is 36.5 Å². The number of rotatable bonds is 4. The fraction of sp³-hybridized carbons (Fsp3) is 0.444. The van der Waals surface area contributed by atoms with E-state index in [9.17, 15) is 0 Å². The molecule has 1 N–H and O–H groups in total. The highest BCUT2D eigenvalue weighted by atomic mass is 28.4. The summed E-state index contributed by atoms with van der Waals surface area (Å²) in [6, 6.07) is 10.4. The van der Waals surface area contributed by atoms with Crippen molar-refractivity contribution in [2.75, 3.05) is 5.32 Å². The molecular weight excluding hydrogens is 288 g/mol. The smallest absolute Gasteiger partial charge is 0.250 e. The Morgan fingerprint density at radius 1 is 1.05 bits per heavy atom. The van der Waals surface area contributed by atoms with Gasteiger partial charge in [0.2, 0.25) is 8.32 Å². The second-order valence-corrected chi connectivity index (χ2v) is 12.2. The van der Waals surface area contributed by atoms with Gasteiger partial charge in [-0.3, -0.25) is 0 Å². The lowest BCUT2D eigenvalue weighted by Crippen LogP contribution is -2.43. The molecule has 1 aromatic heterocycles. The lowest BCUT2D eigenvalue weighted by Gasteiger charge is -2.36. The van der Waals surface area contributed by atoms with E-state index in [1.54, 1.807) is 0 Å². The minimum absolute atomic E-state index is 0.213. The molecule has 4 heteroatoms. The first-order chi connectivity index (χ1) is 10.1. The molecule has 1 heterocycles. The van der Waals surface area contributed by atoms with Crippen LogP contribution in [0.3, 0.4) is 0 Å². The van der Waals surface area contributed by atoms with Crippen LogP contribution in [0.2, 0.25) is 18.1 Å². The lowest BCUT2D eigenvalue weighted by atomic mass is 10.2. The van der Waals surface area contributed by atoms with E-state index in [0.717, 1.165) is 17.1 Å². The van der Waals surface area contributed by atoms with E-state index in [1.165, 1.54) is 5.69 Å². The molecule has 0 bridgehead atoms. The minimum atomic E-state index is -1.77. The molecule has 0 fully saturated rings. The number of aryl methyl sites for hydroxylation is 1. The predicted molar refractivity (Wildman–Crippen MR) is 97.7 cm³/mol. The van der Waals surface area contributed by atoms with Gasteiger partial charge in [0.1, 0.15) is 5.75 Å². The lowest BCUT2D eigenvalue weighted by molar-refractivity contribution is 0.492. The van der Waals surface area contributed by atoms with Crippen LogP contribution in [-0.2, 0) is 7.05 Å². The molecule has 0 aliphatic carbocycles. The summed E-state index contributed by atoms with van der Waals surface area (Å²) in [4.78, 5) is 0. The zero-order chi connectivity index (χ0) is 16.5. The summed E-state index contributed by atoms with van der Waals surface area (Å²) in [5.41, 5.74) is 3.44. The predicted octanol–water partition coefficient (Wildman–Crippen LogP) is 5.46. The monoisotopic (exact) mass is 316 g/mol. The van der Waals surface area contributed by atoms with Gasteiger partial charge < -0.3 is 14.3 Å². The third-order valence-corrected chi connectivity index (χ3v) is 9.05. The molecule has 0 saturated carbocycles. The van der Waals surface area contributed by atoms with Gasteiger partial charge in [-0.15, -0.1) is 0 Å². The Morgan fingerprint density at radius 2 is 1.64 bits per heavy atom. The molecule has 0 atom stereocenters. The maximum atomic E-state index is 6.31. The maximum Gasteiger partial charge on any atom is 0.250 e. The maximum absolute atomic E-state index is 6.31. The van der Waals surface area contributed by atoms with E-state index in [2.05, 4.69) is 94.2 Å². The van der Waals surface area contributed by atoms with Gasteiger partial charge in [0.05, 0.1) is 5.69 Å². The van der Waals surface area contributed by atoms with Crippen molar-refractivity contribution in [3.63, 3.8) is 0 Å². The number of hydrogen-bond acceptors (Lipinski definition) is 2. The molecule has 1 aromatic carbocycles. The number of nitrogens with one attached hydrogen (secondary N) is 1. The normalized spacial score (nSPS) is 12.3. The van der Waals surface area contributed by atoms with Crippen LogP contribution in [0.1, 0.15) is 26.5 Å². The summed E-state index contributed by atoms with van der Waals surface area (Å²) in [6.45, 7) is 13.4. The molecule has 0 unspecified atom stereocenters. The highest BCUT2D eigenvalue weighted by Crippen LogP contribution is 2.37. The van der Waals surface area contributed by atoms with Crippen LogP contribution in [0, 0.1) is 6.92 Å². The SMILES string of the molecule is Cc1c(Nc2ccc(O[Si](C)(C)C(C)(C)C)cc2)ccn1C. The van der Waals surface area contributed by atoms with Crippen molar-refractivity contribution in [3.8, 4) is 5.75 Å². The summed E-state index contributed by atoms with van der Waals surface area (Å²) < 4.78 is 8.41. The van der Waals surface area contributed by atoms with Gasteiger partial charge in [-0.05, 0) is 55.4 Å². The zero-order valence-electron chi connectivity index (χ0n) is 14.8. The average Bonchev–Trinajstić information content (AvgIpc) is 2.71. The first kappa shape index (κ1) is 16.7. The number of aromatic nitrogens is 1. The molecule has 22 heavy (non-hydrogen) atoms. The van der Waals surface area contributed by atoms with Crippen molar-refractivity contribution < 1.29 is 4.43 Å². The Kier molecular flexibility index (Phi) is 4.43. The summed E-state index contributed by atoms with van der Waals surface area (Å²) in [7, 11) is 0.286. The van der Waals surface area contributed by atoms with E-state index >= 15 is 0 Å². The molecule has 2 rings (SSSR count). The molecule has 3 nitrogen and oxygen atoms in total. The van der Waals surface area contributed by atoms with Crippen molar-refractivity contribution >= 4 is 19.7 Å². The molecular formula is C18H28N2OSi. The van der Waals surface area contributed by atoms with E-state index in [4.69, 9.17) is 4.43 Å². The molecule has 0 aliphatic rings. The molecule has 0 spiro atoms. The van der Waals surface area contributed by atoms with Crippen molar-refractivity contribution in [3.05, 3.63) is 42.2 Å². The Morgan fingerprint density at radius 3 is 2.09 bits per heavy atom. The van der Waals surface area contributed by atoms with Crippen LogP contribution in [0.25, 0.3) is 0 Å². The van der Waals surface area contributed by atoms with Gasteiger partial charge in [-0.2, -0.15) is 0 Å². The first-order valence-corrected chi connectivity index (χ1v) is 10.7. The topological polar surface area (TPSA) is 26.2 Å². The summed E-state index contributed by atoms with van der Waals surface area (Å²) in [5, 5.41) is 3.66. The van der Waals surface area contributed by atoms with Crippen LogP contribution < -0.4 is 9.74 Å². The zero-order valence-corrected chi connectivity index (χ0v) is 15.8. The fourth-order valence-electron chi connectivity index (χ4n) is 1.95. The average molecular weight is 317 g/mol. The molecule has 0 saturated heterocycles. The Bertz CT molecular complexity index is 636. The fourth-order valence-corrected chi connectivity index (χ4v) is 2.98. The third kappa shape index (κ3) is 3.55. The summed E-state index contributed by atoms with van der Waals surface area (Å²) in [6.07, 6.45) is 2.06. The standard InChI is InChI=1S/C18H28N2OSi/c1-14-17(12-13-20(14)5)19-15-8-10-16(11-9-15)21-22(6,7)18(2,3)4/h8-13,19H,1-7H3.